The minimum absolute atomic E-state index is 0.0139. The van der Waals surface area contributed by atoms with Gasteiger partial charge in [-0.3, -0.25) is 4.79 Å². The molecule has 0 radical (unpaired) electrons. The van der Waals surface area contributed by atoms with Crippen molar-refractivity contribution in [3.8, 4) is 5.75 Å². The zero-order valence-electron chi connectivity index (χ0n) is 14.3. The van der Waals surface area contributed by atoms with Gasteiger partial charge in [0.2, 0.25) is 0 Å². The predicted octanol–water partition coefficient (Wildman–Crippen LogP) is 2.67. The van der Waals surface area contributed by atoms with Gasteiger partial charge in [-0.05, 0) is 42.8 Å². The van der Waals surface area contributed by atoms with Crippen LogP contribution in [0.15, 0.2) is 59.7 Å². The van der Waals surface area contributed by atoms with Crippen molar-refractivity contribution < 1.29 is 22.4 Å². The van der Waals surface area contributed by atoms with Crippen LogP contribution in [-0.2, 0) is 16.4 Å². The first-order valence-electron chi connectivity index (χ1n) is 8.36. The average molecular weight is 375 g/mol. The molecule has 2 aromatic rings. The molecule has 1 aromatic heterocycles. The fourth-order valence-corrected chi connectivity index (χ4v) is 4.70. The number of benzene rings is 1. The fourth-order valence-electron chi connectivity index (χ4n) is 2.97. The van der Waals surface area contributed by atoms with Crippen LogP contribution >= 0.6 is 0 Å². The number of hydrogen-bond donors (Lipinski definition) is 0. The summed E-state index contributed by atoms with van der Waals surface area (Å²) < 4.78 is 34.5. The number of nitrogens with zero attached hydrogens (tertiary/aromatic N) is 1. The molecule has 1 fully saturated rings. The number of carbonyl (C=O) groups is 1. The van der Waals surface area contributed by atoms with Crippen LogP contribution in [0.4, 0.5) is 0 Å². The number of hydrogen-bond acceptors (Lipinski definition) is 5. The quantitative estimate of drug-likeness (QED) is 0.696. The molecule has 138 valence electrons. The summed E-state index contributed by atoms with van der Waals surface area (Å²) in [4.78, 5) is 14.6. The van der Waals surface area contributed by atoms with Crippen molar-refractivity contribution in [1.82, 2.24) is 4.90 Å². The molecule has 1 aliphatic rings. The summed E-state index contributed by atoms with van der Waals surface area (Å²) in [5.74, 6) is 1.13. The molecular formula is C19H21NO5S. The molecule has 7 heteroatoms. The monoisotopic (exact) mass is 375 g/mol. The van der Waals surface area contributed by atoms with Crippen molar-refractivity contribution in [2.24, 2.45) is 0 Å². The van der Waals surface area contributed by atoms with Gasteiger partial charge in [-0.2, -0.15) is 0 Å². The van der Waals surface area contributed by atoms with Gasteiger partial charge >= 0.3 is 0 Å². The Morgan fingerprint density at radius 1 is 1.31 bits per heavy atom. The third-order valence-electron chi connectivity index (χ3n) is 4.29. The zero-order chi connectivity index (χ0) is 18.6. The Kier molecular flexibility index (Phi) is 5.46. The number of sulfone groups is 1. The molecule has 1 aromatic carbocycles. The molecule has 6 nitrogen and oxygen atoms in total. The summed E-state index contributed by atoms with van der Waals surface area (Å²) in [6.45, 7) is 4.22. The van der Waals surface area contributed by atoms with E-state index in [4.69, 9.17) is 9.15 Å². The molecule has 26 heavy (non-hydrogen) atoms. The summed E-state index contributed by atoms with van der Waals surface area (Å²) in [6, 6.07) is 9.96. The summed E-state index contributed by atoms with van der Waals surface area (Å²) in [5.41, 5.74) is 0.479. The van der Waals surface area contributed by atoms with Crippen LogP contribution in [0.3, 0.4) is 0 Å². The van der Waals surface area contributed by atoms with Gasteiger partial charge in [-0.15, -0.1) is 0 Å². The van der Waals surface area contributed by atoms with Crippen molar-refractivity contribution in [2.75, 3.05) is 18.1 Å². The Morgan fingerprint density at radius 3 is 2.65 bits per heavy atom. The number of rotatable bonds is 7. The molecule has 3 rings (SSSR count). The van der Waals surface area contributed by atoms with Gasteiger partial charge in [0.05, 0.1) is 24.3 Å². The number of amides is 1. The van der Waals surface area contributed by atoms with E-state index < -0.39 is 9.84 Å². The van der Waals surface area contributed by atoms with Gasteiger partial charge in [0, 0.05) is 11.6 Å². The Bertz CT molecular complexity index is 856. The molecule has 2 heterocycles. The van der Waals surface area contributed by atoms with E-state index in [0.29, 0.717) is 30.1 Å². The van der Waals surface area contributed by atoms with Gasteiger partial charge in [0.1, 0.15) is 18.1 Å². The second kappa shape index (κ2) is 7.78. The van der Waals surface area contributed by atoms with Crippen molar-refractivity contribution in [2.45, 2.75) is 19.0 Å². The SMILES string of the molecule is C=CCOc1ccc(C(=O)N(Cc2ccco2)C2CCS(=O)(=O)C2)cc1. The first-order valence-corrected chi connectivity index (χ1v) is 10.2. The topological polar surface area (TPSA) is 76.8 Å². The average Bonchev–Trinajstić information content (AvgIpc) is 3.27. The summed E-state index contributed by atoms with van der Waals surface area (Å²) in [5, 5.41) is 0. The van der Waals surface area contributed by atoms with Crippen LogP contribution in [0.1, 0.15) is 22.5 Å². The highest BCUT2D eigenvalue weighted by molar-refractivity contribution is 7.91. The minimum Gasteiger partial charge on any atom is -0.490 e. The number of carbonyl (C=O) groups excluding carboxylic acids is 1. The van der Waals surface area contributed by atoms with Crippen molar-refractivity contribution >= 4 is 15.7 Å². The lowest BCUT2D eigenvalue weighted by Crippen LogP contribution is -2.40. The van der Waals surface area contributed by atoms with Crippen LogP contribution in [0, 0.1) is 0 Å². The van der Waals surface area contributed by atoms with Crippen LogP contribution < -0.4 is 4.74 Å². The van der Waals surface area contributed by atoms with Crippen LogP contribution in [0.2, 0.25) is 0 Å². The second-order valence-electron chi connectivity index (χ2n) is 6.19. The maximum absolute atomic E-state index is 13.0. The van der Waals surface area contributed by atoms with E-state index in [-0.39, 0.29) is 30.0 Å². The largest absolute Gasteiger partial charge is 0.490 e. The molecule has 1 aliphatic heterocycles. The molecule has 0 N–H and O–H groups in total. The molecule has 0 bridgehead atoms. The number of furan rings is 1. The predicted molar refractivity (Wildman–Crippen MR) is 97.8 cm³/mol. The molecule has 0 saturated carbocycles. The standard InChI is InChI=1S/C19H21NO5S/c1-2-10-24-17-7-5-15(6-8-17)19(21)20(13-18-4-3-11-25-18)16-9-12-26(22,23)14-16/h2-8,11,16H,1,9-10,12-14H2. The van der Waals surface area contributed by atoms with E-state index >= 15 is 0 Å². The van der Waals surface area contributed by atoms with Crippen LogP contribution in [-0.4, -0.2) is 43.4 Å². The fraction of sp³-hybridized carbons (Fsp3) is 0.316. The third-order valence-corrected chi connectivity index (χ3v) is 6.04. The smallest absolute Gasteiger partial charge is 0.254 e. The molecule has 1 unspecified atom stereocenters. The highest BCUT2D eigenvalue weighted by atomic mass is 32.2. The van der Waals surface area contributed by atoms with Crippen molar-refractivity contribution in [3.05, 3.63) is 66.6 Å². The normalized spacial score (nSPS) is 18.4. The van der Waals surface area contributed by atoms with Crippen molar-refractivity contribution in [1.29, 1.82) is 0 Å². The Labute approximate surface area is 153 Å². The molecule has 0 spiro atoms. The summed E-state index contributed by atoms with van der Waals surface area (Å²) >= 11 is 0. The first-order chi connectivity index (χ1) is 12.5. The van der Waals surface area contributed by atoms with Gasteiger partial charge < -0.3 is 14.1 Å². The lowest BCUT2D eigenvalue weighted by molar-refractivity contribution is 0.0666. The first kappa shape index (κ1) is 18.3. The minimum atomic E-state index is -3.11. The zero-order valence-corrected chi connectivity index (χ0v) is 15.2. The van der Waals surface area contributed by atoms with Gasteiger partial charge in [-0.25, -0.2) is 8.42 Å². The van der Waals surface area contributed by atoms with Gasteiger partial charge in [0.15, 0.2) is 9.84 Å². The van der Waals surface area contributed by atoms with E-state index in [9.17, 15) is 13.2 Å². The van der Waals surface area contributed by atoms with E-state index in [1.807, 2.05) is 0 Å². The van der Waals surface area contributed by atoms with Gasteiger partial charge in [0.25, 0.3) is 5.91 Å². The van der Waals surface area contributed by atoms with Gasteiger partial charge in [-0.1, -0.05) is 12.7 Å². The highest BCUT2D eigenvalue weighted by Gasteiger charge is 2.35. The Morgan fingerprint density at radius 2 is 2.08 bits per heavy atom. The van der Waals surface area contributed by atoms with E-state index in [2.05, 4.69) is 6.58 Å². The lowest BCUT2D eigenvalue weighted by atomic mass is 10.1. The summed E-state index contributed by atoms with van der Waals surface area (Å²) in [6.07, 6.45) is 3.62. The molecule has 1 saturated heterocycles. The maximum Gasteiger partial charge on any atom is 0.254 e. The third kappa shape index (κ3) is 4.35. The van der Waals surface area contributed by atoms with Crippen LogP contribution in [0.25, 0.3) is 0 Å². The molecule has 1 amide bonds. The highest BCUT2D eigenvalue weighted by Crippen LogP contribution is 2.23. The van der Waals surface area contributed by atoms with Crippen LogP contribution in [0.5, 0.6) is 5.75 Å². The van der Waals surface area contributed by atoms with Crippen molar-refractivity contribution in [3.63, 3.8) is 0 Å². The van der Waals surface area contributed by atoms with E-state index in [0.717, 1.165) is 0 Å². The van der Waals surface area contributed by atoms with E-state index in [1.54, 1.807) is 47.4 Å². The number of ether oxygens (including phenoxy) is 1. The molecule has 0 aliphatic carbocycles. The Balaban J connectivity index is 1.81. The molecular weight excluding hydrogens is 354 g/mol. The summed E-state index contributed by atoms with van der Waals surface area (Å²) in [7, 11) is -3.11. The lowest BCUT2D eigenvalue weighted by Gasteiger charge is -2.27. The maximum atomic E-state index is 13.0. The molecule has 1 atom stereocenters. The van der Waals surface area contributed by atoms with E-state index in [1.165, 1.54) is 6.26 Å². The second-order valence-corrected chi connectivity index (χ2v) is 8.42. The Hall–Kier alpha value is -2.54.